The van der Waals surface area contributed by atoms with Crippen molar-refractivity contribution >= 4 is 11.8 Å². The summed E-state index contributed by atoms with van der Waals surface area (Å²) < 4.78 is 10.2. The summed E-state index contributed by atoms with van der Waals surface area (Å²) in [5.41, 5.74) is 0.407. The lowest BCUT2D eigenvalue weighted by Gasteiger charge is -2.18. The van der Waals surface area contributed by atoms with E-state index in [0.717, 1.165) is 0 Å². The van der Waals surface area contributed by atoms with Crippen LogP contribution in [0.4, 0.5) is 0 Å². The van der Waals surface area contributed by atoms with E-state index < -0.39 is 0 Å². The minimum absolute atomic E-state index is 0.0682. The van der Waals surface area contributed by atoms with Gasteiger partial charge in [-0.2, -0.15) is 4.98 Å². The van der Waals surface area contributed by atoms with Crippen LogP contribution in [0.25, 0.3) is 0 Å². The molecule has 112 valence electrons. The Morgan fingerprint density at radius 3 is 2.81 bits per heavy atom. The Morgan fingerprint density at radius 2 is 2.14 bits per heavy atom. The SMILES string of the molecule is COc1ccc(C(=O)N2C[C@@H]3CC(=O)N[C@@H]3C2)c(OC)n1. The van der Waals surface area contributed by atoms with Gasteiger partial charge >= 0.3 is 0 Å². The van der Waals surface area contributed by atoms with E-state index in [9.17, 15) is 9.59 Å². The monoisotopic (exact) mass is 291 g/mol. The minimum Gasteiger partial charge on any atom is -0.481 e. The third-order valence-electron chi connectivity index (χ3n) is 3.99. The largest absolute Gasteiger partial charge is 0.481 e. The molecular formula is C14H17N3O4. The van der Waals surface area contributed by atoms with Crippen molar-refractivity contribution in [1.82, 2.24) is 15.2 Å². The Kier molecular flexibility index (Phi) is 3.40. The van der Waals surface area contributed by atoms with Gasteiger partial charge < -0.3 is 19.7 Å². The van der Waals surface area contributed by atoms with Crippen LogP contribution in [-0.2, 0) is 4.79 Å². The average Bonchev–Trinajstić information content (AvgIpc) is 3.03. The highest BCUT2D eigenvalue weighted by molar-refractivity contribution is 5.97. The number of nitrogens with one attached hydrogen (secondary N) is 1. The molecule has 0 bridgehead atoms. The zero-order chi connectivity index (χ0) is 15.0. The van der Waals surface area contributed by atoms with Gasteiger partial charge in [0.1, 0.15) is 5.56 Å². The first kappa shape index (κ1) is 13.7. The number of amides is 2. The molecule has 7 heteroatoms. The van der Waals surface area contributed by atoms with Crippen LogP contribution in [-0.4, -0.2) is 55.0 Å². The van der Waals surface area contributed by atoms with Gasteiger partial charge in [-0.25, -0.2) is 0 Å². The lowest BCUT2D eigenvalue weighted by Crippen LogP contribution is -2.35. The van der Waals surface area contributed by atoms with Crippen LogP contribution in [0.15, 0.2) is 12.1 Å². The van der Waals surface area contributed by atoms with Gasteiger partial charge in [-0.3, -0.25) is 9.59 Å². The van der Waals surface area contributed by atoms with Gasteiger partial charge in [-0.15, -0.1) is 0 Å². The molecule has 1 aromatic heterocycles. The lowest BCUT2D eigenvalue weighted by atomic mass is 10.1. The molecule has 3 rings (SSSR count). The van der Waals surface area contributed by atoms with Crippen LogP contribution in [0.5, 0.6) is 11.8 Å². The molecule has 1 N–H and O–H groups in total. The van der Waals surface area contributed by atoms with Crippen LogP contribution >= 0.6 is 0 Å². The van der Waals surface area contributed by atoms with Crippen molar-refractivity contribution in [3.8, 4) is 11.8 Å². The predicted molar refractivity (Wildman–Crippen MR) is 73.3 cm³/mol. The first-order chi connectivity index (χ1) is 10.1. The number of hydrogen-bond donors (Lipinski definition) is 1. The molecule has 0 radical (unpaired) electrons. The molecule has 2 aliphatic rings. The highest BCUT2D eigenvalue weighted by atomic mass is 16.5. The molecular weight excluding hydrogens is 274 g/mol. The molecule has 1 aromatic rings. The topological polar surface area (TPSA) is 80.8 Å². The fourth-order valence-electron chi connectivity index (χ4n) is 2.94. The van der Waals surface area contributed by atoms with Crippen LogP contribution < -0.4 is 14.8 Å². The summed E-state index contributed by atoms with van der Waals surface area (Å²) in [4.78, 5) is 29.8. The number of ether oxygens (including phenoxy) is 2. The van der Waals surface area contributed by atoms with E-state index in [1.54, 1.807) is 17.0 Å². The molecule has 2 saturated heterocycles. The summed E-state index contributed by atoms with van der Waals surface area (Å²) in [6.45, 7) is 1.11. The zero-order valence-electron chi connectivity index (χ0n) is 12.0. The van der Waals surface area contributed by atoms with Crippen molar-refractivity contribution in [2.45, 2.75) is 12.5 Å². The van der Waals surface area contributed by atoms with E-state index in [0.29, 0.717) is 31.0 Å². The first-order valence-corrected chi connectivity index (χ1v) is 6.80. The van der Waals surface area contributed by atoms with E-state index in [-0.39, 0.29) is 29.7 Å². The standard InChI is InChI=1S/C14H17N3O4/c1-20-12-4-3-9(13(16-12)21-2)14(19)17-6-8-5-11(18)15-10(8)7-17/h3-4,8,10H,5-7H2,1-2H3,(H,15,18)/t8-,10+/m0/s1. The summed E-state index contributed by atoms with van der Waals surface area (Å²) in [5, 5.41) is 2.90. The fourth-order valence-corrected chi connectivity index (χ4v) is 2.94. The summed E-state index contributed by atoms with van der Waals surface area (Å²) in [5.74, 6) is 0.791. The van der Waals surface area contributed by atoms with Gasteiger partial charge in [0.05, 0.1) is 20.3 Å². The van der Waals surface area contributed by atoms with E-state index in [1.807, 2.05) is 0 Å². The summed E-state index contributed by atoms with van der Waals surface area (Å²) in [6.07, 6.45) is 0.493. The number of likely N-dealkylation sites (tertiary alicyclic amines) is 1. The maximum atomic E-state index is 12.6. The molecule has 0 saturated carbocycles. The molecule has 3 heterocycles. The number of nitrogens with zero attached hydrogens (tertiary/aromatic N) is 2. The van der Waals surface area contributed by atoms with Crippen molar-refractivity contribution < 1.29 is 19.1 Å². The third-order valence-corrected chi connectivity index (χ3v) is 3.99. The maximum absolute atomic E-state index is 12.6. The molecule has 7 nitrogen and oxygen atoms in total. The molecule has 0 aromatic carbocycles. The Labute approximate surface area is 122 Å². The second kappa shape index (κ2) is 5.23. The first-order valence-electron chi connectivity index (χ1n) is 6.80. The molecule has 0 unspecified atom stereocenters. The normalized spacial score (nSPS) is 23.7. The van der Waals surface area contributed by atoms with Gasteiger partial charge in [0.25, 0.3) is 5.91 Å². The Hall–Kier alpha value is -2.31. The van der Waals surface area contributed by atoms with Gasteiger partial charge in [-0.1, -0.05) is 0 Å². The quantitative estimate of drug-likeness (QED) is 0.851. The van der Waals surface area contributed by atoms with E-state index >= 15 is 0 Å². The Balaban J connectivity index is 1.79. The second-order valence-electron chi connectivity index (χ2n) is 5.26. The smallest absolute Gasteiger partial charge is 0.259 e. The number of fused-ring (bicyclic) bond motifs is 1. The summed E-state index contributed by atoms with van der Waals surface area (Å²) in [7, 11) is 2.98. The van der Waals surface area contributed by atoms with Gasteiger partial charge in [0, 0.05) is 31.5 Å². The van der Waals surface area contributed by atoms with Gasteiger partial charge in [-0.05, 0) is 6.07 Å². The van der Waals surface area contributed by atoms with Crippen molar-refractivity contribution in [2.24, 2.45) is 5.92 Å². The fraction of sp³-hybridized carbons (Fsp3) is 0.500. The zero-order valence-corrected chi connectivity index (χ0v) is 12.0. The second-order valence-corrected chi connectivity index (χ2v) is 5.26. The number of rotatable bonds is 3. The van der Waals surface area contributed by atoms with Crippen LogP contribution in [0.1, 0.15) is 16.8 Å². The lowest BCUT2D eigenvalue weighted by molar-refractivity contribution is -0.119. The highest BCUT2D eigenvalue weighted by Gasteiger charge is 2.42. The molecule has 21 heavy (non-hydrogen) atoms. The third kappa shape index (κ3) is 2.39. The van der Waals surface area contributed by atoms with Gasteiger partial charge in [0.15, 0.2) is 0 Å². The number of pyridine rings is 1. The molecule has 2 atom stereocenters. The molecule has 2 amide bonds. The maximum Gasteiger partial charge on any atom is 0.259 e. The molecule has 2 fully saturated rings. The van der Waals surface area contributed by atoms with Gasteiger partial charge in [0.2, 0.25) is 17.7 Å². The minimum atomic E-state index is -0.134. The van der Waals surface area contributed by atoms with Crippen molar-refractivity contribution in [3.63, 3.8) is 0 Å². The van der Waals surface area contributed by atoms with Crippen LogP contribution in [0.3, 0.4) is 0 Å². The Bertz CT molecular complexity index is 574. The Morgan fingerprint density at radius 1 is 1.33 bits per heavy atom. The number of carbonyl (C=O) groups excluding carboxylic acids is 2. The van der Waals surface area contributed by atoms with E-state index in [1.165, 1.54) is 14.2 Å². The number of methoxy groups -OCH3 is 2. The van der Waals surface area contributed by atoms with E-state index in [4.69, 9.17) is 9.47 Å². The van der Waals surface area contributed by atoms with Crippen molar-refractivity contribution in [3.05, 3.63) is 17.7 Å². The molecule has 0 spiro atoms. The van der Waals surface area contributed by atoms with E-state index in [2.05, 4.69) is 10.3 Å². The van der Waals surface area contributed by atoms with Crippen molar-refractivity contribution in [2.75, 3.05) is 27.3 Å². The van der Waals surface area contributed by atoms with Crippen LogP contribution in [0.2, 0.25) is 0 Å². The molecule has 2 aliphatic heterocycles. The predicted octanol–water partition coefficient (Wildman–Crippen LogP) is 0.0593. The number of hydrogen-bond acceptors (Lipinski definition) is 5. The number of aromatic nitrogens is 1. The highest BCUT2D eigenvalue weighted by Crippen LogP contribution is 2.28. The van der Waals surface area contributed by atoms with Crippen molar-refractivity contribution in [1.29, 1.82) is 0 Å². The average molecular weight is 291 g/mol. The van der Waals surface area contributed by atoms with Crippen LogP contribution in [0, 0.1) is 5.92 Å². The summed E-state index contributed by atoms with van der Waals surface area (Å²) in [6, 6.07) is 3.35. The number of carbonyl (C=O) groups is 2. The summed E-state index contributed by atoms with van der Waals surface area (Å²) >= 11 is 0. The molecule has 0 aliphatic carbocycles.